The molecule has 52 valence electrons. The van der Waals surface area contributed by atoms with Gasteiger partial charge in [0.25, 0.3) is 0 Å². The van der Waals surface area contributed by atoms with E-state index in [0.717, 1.165) is 5.71 Å². The van der Waals surface area contributed by atoms with Crippen LogP contribution in [0.2, 0.25) is 0 Å². The van der Waals surface area contributed by atoms with Gasteiger partial charge in [0, 0.05) is 6.26 Å². The molecule has 0 bridgehead atoms. The van der Waals surface area contributed by atoms with Gasteiger partial charge in [0.05, 0.1) is 11.4 Å². The average molecular weight is 152 g/mol. The summed E-state index contributed by atoms with van der Waals surface area (Å²) in [6, 6.07) is 0. The Morgan fingerprint density at radius 2 is 2.10 bits per heavy atom. The third-order valence-electron chi connectivity index (χ3n) is 1.09. The second-order valence-electron chi connectivity index (χ2n) is 1.79. The summed E-state index contributed by atoms with van der Waals surface area (Å²) in [5.74, 6) is 0. The minimum atomic E-state index is 0.483. The van der Waals surface area contributed by atoms with E-state index in [9.17, 15) is 0 Å². The molecule has 0 fully saturated rings. The molecule has 0 saturated carbocycles. The minimum absolute atomic E-state index is 0.483. The van der Waals surface area contributed by atoms with E-state index < -0.39 is 0 Å². The van der Waals surface area contributed by atoms with Crippen molar-refractivity contribution in [2.24, 2.45) is 4.40 Å². The Kier molecular flexibility index (Phi) is 2.45. The van der Waals surface area contributed by atoms with Crippen LogP contribution in [0.1, 0.15) is 0 Å². The molecule has 0 aromatic carbocycles. The monoisotopic (exact) mass is 152 g/mol. The van der Waals surface area contributed by atoms with Crippen LogP contribution in [-0.2, 0) is 0 Å². The summed E-state index contributed by atoms with van der Waals surface area (Å²) in [6.45, 7) is 0. The van der Waals surface area contributed by atoms with E-state index in [4.69, 9.17) is 5.41 Å². The third kappa shape index (κ3) is 1.57. The molecular formula is C7H8N2S. The van der Waals surface area contributed by atoms with Crippen molar-refractivity contribution in [1.29, 1.82) is 5.41 Å². The first-order valence-corrected chi connectivity index (χ1v) is 4.07. The summed E-state index contributed by atoms with van der Waals surface area (Å²) >= 11 is 1.37. The van der Waals surface area contributed by atoms with Crippen LogP contribution in [0.15, 0.2) is 28.7 Å². The van der Waals surface area contributed by atoms with Crippen molar-refractivity contribution in [3.63, 3.8) is 0 Å². The second kappa shape index (κ2) is 3.37. The molecule has 3 heteroatoms. The zero-order chi connectivity index (χ0) is 7.40. The predicted octanol–water partition coefficient (Wildman–Crippen LogP) is 1.85. The van der Waals surface area contributed by atoms with E-state index in [1.165, 1.54) is 11.9 Å². The Hall–Kier alpha value is -0.830. The molecule has 2 nitrogen and oxygen atoms in total. The molecule has 0 amide bonds. The van der Waals surface area contributed by atoms with Crippen molar-refractivity contribution in [1.82, 2.24) is 0 Å². The van der Waals surface area contributed by atoms with Crippen LogP contribution in [0.25, 0.3) is 0 Å². The molecule has 0 unspecified atom stereocenters. The van der Waals surface area contributed by atoms with Gasteiger partial charge in [0.2, 0.25) is 0 Å². The van der Waals surface area contributed by atoms with Gasteiger partial charge in [0.1, 0.15) is 0 Å². The number of nitrogens with zero attached hydrogens (tertiary/aromatic N) is 1. The molecular weight excluding hydrogens is 144 g/mol. The van der Waals surface area contributed by atoms with Crippen molar-refractivity contribution in [2.45, 2.75) is 0 Å². The summed E-state index contributed by atoms with van der Waals surface area (Å²) in [5, 5.41) is 7.37. The molecule has 1 aliphatic carbocycles. The van der Waals surface area contributed by atoms with E-state index in [0.29, 0.717) is 5.71 Å². The van der Waals surface area contributed by atoms with Gasteiger partial charge in [-0.3, -0.25) is 5.41 Å². The van der Waals surface area contributed by atoms with E-state index in [1.807, 2.05) is 24.5 Å². The van der Waals surface area contributed by atoms with Crippen molar-refractivity contribution in [3.8, 4) is 0 Å². The molecule has 0 aromatic heterocycles. The van der Waals surface area contributed by atoms with Crippen LogP contribution >= 0.6 is 11.9 Å². The highest BCUT2D eigenvalue weighted by molar-refractivity contribution is 7.97. The van der Waals surface area contributed by atoms with Crippen LogP contribution in [0.5, 0.6) is 0 Å². The molecule has 0 aromatic rings. The molecule has 0 aliphatic heterocycles. The van der Waals surface area contributed by atoms with Crippen molar-refractivity contribution in [2.75, 3.05) is 6.26 Å². The molecule has 0 atom stereocenters. The van der Waals surface area contributed by atoms with E-state index in [2.05, 4.69) is 4.40 Å². The maximum Gasteiger partial charge on any atom is 0.0962 e. The Bertz CT molecular complexity index is 226. The van der Waals surface area contributed by atoms with Gasteiger partial charge in [-0.25, -0.2) is 4.40 Å². The molecule has 0 heterocycles. The lowest BCUT2D eigenvalue weighted by Crippen LogP contribution is -2.08. The average Bonchev–Trinajstić information content (AvgIpc) is 1.94. The first-order chi connectivity index (χ1) is 4.84. The van der Waals surface area contributed by atoms with Gasteiger partial charge in [-0.05, 0) is 24.1 Å². The van der Waals surface area contributed by atoms with E-state index in [1.54, 1.807) is 6.08 Å². The molecule has 0 radical (unpaired) electrons. The summed E-state index contributed by atoms with van der Waals surface area (Å²) in [5.41, 5.74) is 1.23. The lowest BCUT2D eigenvalue weighted by Gasteiger charge is -1.99. The maximum atomic E-state index is 7.37. The van der Waals surface area contributed by atoms with Gasteiger partial charge in [-0.2, -0.15) is 0 Å². The zero-order valence-electron chi connectivity index (χ0n) is 5.66. The minimum Gasteiger partial charge on any atom is -0.299 e. The van der Waals surface area contributed by atoms with Crippen molar-refractivity contribution in [3.05, 3.63) is 24.3 Å². The molecule has 0 spiro atoms. The Morgan fingerprint density at radius 3 is 2.70 bits per heavy atom. The van der Waals surface area contributed by atoms with Gasteiger partial charge in [0.15, 0.2) is 0 Å². The SMILES string of the molecule is CS/N=C1/C=CC=CC1=N. The number of hydrogen-bond acceptors (Lipinski definition) is 3. The number of allylic oxidation sites excluding steroid dienone is 4. The number of rotatable bonds is 1. The maximum absolute atomic E-state index is 7.37. The van der Waals surface area contributed by atoms with Crippen LogP contribution in [0, 0.1) is 5.41 Å². The predicted molar refractivity (Wildman–Crippen MR) is 47.0 cm³/mol. The van der Waals surface area contributed by atoms with Crippen molar-refractivity contribution < 1.29 is 0 Å². The summed E-state index contributed by atoms with van der Waals surface area (Å²) in [6.07, 6.45) is 9.16. The van der Waals surface area contributed by atoms with Crippen LogP contribution in [0.3, 0.4) is 0 Å². The lowest BCUT2D eigenvalue weighted by molar-refractivity contribution is 1.54. The van der Waals surface area contributed by atoms with Gasteiger partial charge in [-0.1, -0.05) is 12.2 Å². The second-order valence-corrected chi connectivity index (χ2v) is 2.34. The van der Waals surface area contributed by atoms with Crippen molar-refractivity contribution >= 4 is 23.4 Å². The Balaban J connectivity index is 2.80. The number of nitrogens with one attached hydrogen (secondary N) is 1. The fourth-order valence-electron chi connectivity index (χ4n) is 0.652. The number of hydrogen-bond donors (Lipinski definition) is 1. The fourth-order valence-corrected chi connectivity index (χ4v) is 1.01. The lowest BCUT2D eigenvalue weighted by atomic mass is 10.1. The van der Waals surface area contributed by atoms with Crippen LogP contribution < -0.4 is 0 Å². The Labute approximate surface area is 64.4 Å². The molecule has 1 N–H and O–H groups in total. The van der Waals surface area contributed by atoms with Gasteiger partial charge >= 0.3 is 0 Å². The van der Waals surface area contributed by atoms with E-state index in [-0.39, 0.29) is 0 Å². The van der Waals surface area contributed by atoms with Crippen LogP contribution in [-0.4, -0.2) is 17.7 Å². The largest absolute Gasteiger partial charge is 0.299 e. The highest BCUT2D eigenvalue weighted by Crippen LogP contribution is 2.01. The third-order valence-corrected chi connectivity index (χ3v) is 1.47. The Morgan fingerprint density at radius 1 is 1.40 bits per heavy atom. The van der Waals surface area contributed by atoms with Gasteiger partial charge in [-0.15, -0.1) is 0 Å². The summed E-state index contributed by atoms with van der Waals surface area (Å²) < 4.78 is 4.04. The zero-order valence-corrected chi connectivity index (χ0v) is 6.48. The van der Waals surface area contributed by atoms with E-state index >= 15 is 0 Å². The highest BCUT2D eigenvalue weighted by Gasteiger charge is 2.00. The smallest absolute Gasteiger partial charge is 0.0962 e. The van der Waals surface area contributed by atoms with Gasteiger partial charge < -0.3 is 0 Å². The first-order valence-electron chi connectivity index (χ1n) is 2.89. The summed E-state index contributed by atoms with van der Waals surface area (Å²) in [7, 11) is 0. The van der Waals surface area contributed by atoms with Crippen LogP contribution in [0.4, 0.5) is 0 Å². The normalized spacial score (nSPS) is 20.5. The standard InChI is InChI=1S/C7H8N2S/c1-10-9-7-5-3-2-4-6(7)8/h2-5,8H,1H3/b8-6?,9-7-. The molecule has 10 heavy (non-hydrogen) atoms. The highest BCUT2D eigenvalue weighted by atomic mass is 32.2. The molecule has 1 aliphatic rings. The molecule has 0 saturated heterocycles. The quantitative estimate of drug-likeness (QED) is 0.451. The first kappa shape index (κ1) is 7.28. The summed E-state index contributed by atoms with van der Waals surface area (Å²) in [4.78, 5) is 0. The molecule has 1 rings (SSSR count). The topological polar surface area (TPSA) is 36.2 Å². The fraction of sp³-hybridized carbons (Fsp3) is 0.143.